The van der Waals surface area contributed by atoms with Crippen molar-refractivity contribution in [1.29, 1.82) is 0 Å². The van der Waals surface area contributed by atoms with Crippen molar-refractivity contribution in [1.82, 2.24) is 5.32 Å². The van der Waals surface area contributed by atoms with E-state index in [4.69, 9.17) is 0 Å². The summed E-state index contributed by atoms with van der Waals surface area (Å²) in [6, 6.07) is 5.61. The molecule has 1 aliphatic carbocycles. The predicted molar refractivity (Wildman–Crippen MR) is 118 cm³/mol. The zero-order valence-corrected chi connectivity index (χ0v) is 19.6. The maximum absolute atomic E-state index is 13.6. The zero-order valence-electron chi connectivity index (χ0n) is 18.0. The van der Waals surface area contributed by atoms with Crippen LogP contribution in [-0.2, 0) is 15.0 Å². The minimum Gasteiger partial charge on any atom is -0.350 e. The number of hydrogen-bond donors (Lipinski definition) is 1. The van der Waals surface area contributed by atoms with Crippen molar-refractivity contribution < 1.29 is 9.59 Å². The summed E-state index contributed by atoms with van der Waals surface area (Å²) < 4.78 is 0.997. The van der Waals surface area contributed by atoms with E-state index in [1.807, 2.05) is 58.6 Å². The molecule has 1 N–H and O–H groups in total. The second-order valence-electron chi connectivity index (χ2n) is 10.4. The van der Waals surface area contributed by atoms with E-state index in [1.165, 1.54) is 6.42 Å². The molecule has 2 amide bonds. The van der Waals surface area contributed by atoms with Gasteiger partial charge in [0.2, 0.25) is 11.8 Å². The molecule has 0 bridgehead atoms. The van der Waals surface area contributed by atoms with Gasteiger partial charge in [0.25, 0.3) is 0 Å². The number of anilines is 1. The minimum atomic E-state index is -0.565. The maximum atomic E-state index is 13.6. The van der Waals surface area contributed by atoms with Crippen molar-refractivity contribution in [2.24, 2.45) is 5.41 Å². The normalized spacial score (nSPS) is 21.5. The molecule has 0 radical (unpaired) electrons. The Morgan fingerprint density at radius 2 is 1.68 bits per heavy atom. The lowest BCUT2D eigenvalue weighted by molar-refractivity contribution is -0.132. The molecule has 154 valence electrons. The number of nitrogens with zero attached hydrogens (tertiary/aromatic N) is 1. The quantitative estimate of drug-likeness (QED) is 0.630. The third kappa shape index (κ3) is 3.74. The summed E-state index contributed by atoms with van der Waals surface area (Å²) in [4.78, 5) is 29.0. The van der Waals surface area contributed by atoms with Crippen LogP contribution in [0.15, 0.2) is 22.7 Å². The Morgan fingerprint density at radius 1 is 1.07 bits per heavy atom. The molecule has 1 heterocycles. The van der Waals surface area contributed by atoms with Crippen molar-refractivity contribution in [3.63, 3.8) is 0 Å². The average Bonchev–Trinajstić information content (AvgIpc) is 2.82. The van der Waals surface area contributed by atoms with E-state index in [0.29, 0.717) is 0 Å². The summed E-state index contributed by atoms with van der Waals surface area (Å²) in [5, 5.41) is 3.17. The fourth-order valence-corrected chi connectivity index (χ4v) is 5.13. The molecule has 0 aromatic heterocycles. The number of hydrogen-bond acceptors (Lipinski definition) is 2. The summed E-state index contributed by atoms with van der Waals surface area (Å²) in [5.41, 5.74) is 0.823. The van der Waals surface area contributed by atoms with E-state index >= 15 is 0 Å². The summed E-state index contributed by atoms with van der Waals surface area (Å²) in [5.74, 6) is -0.0353. The molecule has 1 fully saturated rings. The number of carbonyl (C=O) groups excluding carboxylic acids is 2. The first-order chi connectivity index (χ1) is 12.9. The van der Waals surface area contributed by atoms with Gasteiger partial charge < -0.3 is 5.32 Å². The zero-order chi connectivity index (χ0) is 20.9. The van der Waals surface area contributed by atoms with Gasteiger partial charge in [-0.25, -0.2) is 0 Å². The third-order valence-electron chi connectivity index (χ3n) is 5.89. The lowest BCUT2D eigenvalue weighted by atomic mass is 9.66. The lowest BCUT2D eigenvalue weighted by Gasteiger charge is -2.42. The number of halogens is 1. The standard InChI is InChI=1S/C23H33BrN2O2/c1-21(2,3)20(28)26-17-11-10-15(24)14-16(17)23(12-8-7-9-13-23)18(26)19(27)25-22(4,5)6/h10-11,14,18H,7-9,12-13H2,1-6H3,(H,25,27). The Hall–Kier alpha value is -1.36. The summed E-state index contributed by atoms with van der Waals surface area (Å²) in [6.07, 6.45) is 5.23. The molecule has 3 rings (SSSR count). The summed E-state index contributed by atoms with van der Waals surface area (Å²) in [6.45, 7) is 11.8. The van der Waals surface area contributed by atoms with E-state index in [1.54, 1.807) is 0 Å². The van der Waals surface area contributed by atoms with E-state index in [-0.39, 0.29) is 22.8 Å². The van der Waals surface area contributed by atoms with Gasteiger partial charge in [0.05, 0.1) is 0 Å². The highest BCUT2D eigenvalue weighted by atomic mass is 79.9. The van der Waals surface area contributed by atoms with Gasteiger partial charge in [-0.1, -0.05) is 56.0 Å². The fourth-order valence-electron chi connectivity index (χ4n) is 4.77. The third-order valence-corrected chi connectivity index (χ3v) is 6.38. The molecular formula is C23H33BrN2O2. The molecule has 2 aliphatic rings. The number of fused-ring (bicyclic) bond motifs is 2. The largest absolute Gasteiger partial charge is 0.350 e. The number of amides is 2. The Bertz CT molecular complexity index is 783. The number of carbonyl (C=O) groups is 2. The Kier molecular flexibility index (Phi) is 5.46. The first-order valence-corrected chi connectivity index (χ1v) is 11.1. The fraction of sp³-hybridized carbons (Fsp3) is 0.652. The van der Waals surface area contributed by atoms with E-state index in [0.717, 1.165) is 41.4 Å². The van der Waals surface area contributed by atoms with Gasteiger partial charge in [-0.05, 0) is 57.4 Å². The average molecular weight is 449 g/mol. The van der Waals surface area contributed by atoms with Crippen LogP contribution < -0.4 is 10.2 Å². The Labute approximate surface area is 177 Å². The molecule has 28 heavy (non-hydrogen) atoms. The second kappa shape index (κ2) is 7.16. The van der Waals surface area contributed by atoms with Crippen LogP contribution in [0.1, 0.15) is 79.2 Å². The highest BCUT2D eigenvalue weighted by molar-refractivity contribution is 9.10. The topological polar surface area (TPSA) is 49.4 Å². The SMILES string of the molecule is CC(C)(C)NC(=O)C1N(C(=O)C(C)(C)C)c2ccc(Br)cc2C12CCCCC2. The first-order valence-electron chi connectivity index (χ1n) is 10.3. The van der Waals surface area contributed by atoms with Crippen LogP contribution in [0.25, 0.3) is 0 Å². The molecule has 1 unspecified atom stereocenters. The number of rotatable bonds is 1. The summed E-state index contributed by atoms with van der Waals surface area (Å²) >= 11 is 3.61. The maximum Gasteiger partial charge on any atom is 0.244 e. The molecule has 1 saturated carbocycles. The Morgan fingerprint density at radius 3 is 2.21 bits per heavy atom. The predicted octanol–water partition coefficient (Wildman–Crippen LogP) is 5.33. The lowest BCUT2D eigenvalue weighted by Crippen LogP contribution is -2.60. The van der Waals surface area contributed by atoms with Crippen molar-refractivity contribution in [3.05, 3.63) is 28.2 Å². The van der Waals surface area contributed by atoms with Crippen molar-refractivity contribution in [3.8, 4) is 0 Å². The smallest absolute Gasteiger partial charge is 0.244 e. The van der Waals surface area contributed by atoms with Crippen LogP contribution in [-0.4, -0.2) is 23.4 Å². The van der Waals surface area contributed by atoms with Gasteiger partial charge >= 0.3 is 0 Å². The van der Waals surface area contributed by atoms with Gasteiger partial charge in [-0.2, -0.15) is 0 Å². The van der Waals surface area contributed by atoms with Crippen LogP contribution in [0, 0.1) is 5.41 Å². The molecule has 1 aromatic carbocycles. The van der Waals surface area contributed by atoms with Crippen molar-refractivity contribution >= 4 is 33.4 Å². The van der Waals surface area contributed by atoms with Crippen LogP contribution >= 0.6 is 15.9 Å². The molecule has 1 atom stereocenters. The molecule has 5 heteroatoms. The van der Waals surface area contributed by atoms with Gasteiger partial charge in [0.1, 0.15) is 6.04 Å². The van der Waals surface area contributed by atoms with Gasteiger partial charge in [-0.3, -0.25) is 14.5 Å². The van der Waals surface area contributed by atoms with Gasteiger partial charge in [0.15, 0.2) is 0 Å². The van der Waals surface area contributed by atoms with Crippen LogP contribution in [0.4, 0.5) is 5.69 Å². The Balaban J connectivity index is 2.21. The molecular weight excluding hydrogens is 416 g/mol. The first kappa shape index (κ1) is 21.4. The summed E-state index contributed by atoms with van der Waals surface area (Å²) in [7, 11) is 0. The van der Waals surface area contributed by atoms with Crippen LogP contribution in [0.5, 0.6) is 0 Å². The van der Waals surface area contributed by atoms with Gasteiger partial charge in [-0.15, -0.1) is 0 Å². The van der Waals surface area contributed by atoms with Crippen molar-refractivity contribution in [2.45, 2.75) is 90.6 Å². The minimum absolute atomic E-state index is 0.00702. The van der Waals surface area contributed by atoms with Crippen molar-refractivity contribution in [2.75, 3.05) is 4.90 Å². The van der Waals surface area contributed by atoms with E-state index < -0.39 is 11.5 Å². The molecule has 1 spiro atoms. The monoisotopic (exact) mass is 448 g/mol. The number of benzene rings is 1. The van der Waals surface area contributed by atoms with Gasteiger partial charge in [0, 0.05) is 26.5 Å². The van der Waals surface area contributed by atoms with E-state index in [9.17, 15) is 9.59 Å². The highest BCUT2D eigenvalue weighted by Gasteiger charge is 2.57. The van der Waals surface area contributed by atoms with Crippen LogP contribution in [0.3, 0.4) is 0 Å². The molecule has 1 aliphatic heterocycles. The highest BCUT2D eigenvalue weighted by Crippen LogP contribution is 2.54. The molecule has 0 saturated heterocycles. The number of nitrogens with one attached hydrogen (secondary N) is 1. The van der Waals surface area contributed by atoms with Crippen LogP contribution in [0.2, 0.25) is 0 Å². The second-order valence-corrected chi connectivity index (χ2v) is 11.4. The van der Waals surface area contributed by atoms with E-state index in [2.05, 4.69) is 27.3 Å². The molecule has 4 nitrogen and oxygen atoms in total. The molecule has 1 aromatic rings.